The SMILES string of the molecule is NNc1ncc(CSc2nnnn2-c2ccc(O)cc2)s1. The van der Waals surface area contributed by atoms with Crippen LogP contribution in [-0.2, 0) is 5.75 Å². The van der Waals surface area contributed by atoms with Crippen LogP contribution in [0.2, 0.25) is 0 Å². The first kappa shape index (κ1) is 13.8. The number of hydrazine groups is 1. The predicted molar refractivity (Wildman–Crippen MR) is 80.3 cm³/mol. The molecule has 8 nitrogen and oxygen atoms in total. The van der Waals surface area contributed by atoms with Gasteiger partial charge in [0, 0.05) is 16.8 Å². The average molecular weight is 321 g/mol. The van der Waals surface area contributed by atoms with Crippen LogP contribution >= 0.6 is 23.1 Å². The molecule has 0 aliphatic carbocycles. The van der Waals surface area contributed by atoms with Gasteiger partial charge >= 0.3 is 0 Å². The summed E-state index contributed by atoms with van der Waals surface area (Å²) >= 11 is 2.98. The first-order valence-corrected chi connectivity index (χ1v) is 7.68. The Labute approximate surface area is 128 Å². The second-order valence-corrected chi connectivity index (χ2v) is 6.01. The van der Waals surface area contributed by atoms with Gasteiger partial charge in [0.25, 0.3) is 0 Å². The summed E-state index contributed by atoms with van der Waals surface area (Å²) in [5.74, 6) is 6.19. The van der Waals surface area contributed by atoms with Crippen molar-refractivity contribution in [3.8, 4) is 11.4 Å². The fraction of sp³-hybridized carbons (Fsp3) is 0.0909. The number of tetrazole rings is 1. The van der Waals surface area contributed by atoms with Crippen LogP contribution in [0.15, 0.2) is 35.6 Å². The summed E-state index contributed by atoms with van der Waals surface area (Å²) in [5, 5.41) is 22.3. The quantitative estimate of drug-likeness (QED) is 0.367. The van der Waals surface area contributed by atoms with E-state index in [0.717, 1.165) is 10.6 Å². The molecule has 1 aromatic carbocycles. The van der Waals surface area contributed by atoms with Crippen molar-refractivity contribution in [2.24, 2.45) is 5.84 Å². The van der Waals surface area contributed by atoms with Gasteiger partial charge in [0.2, 0.25) is 5.16 Å². The van der Waals surface area contributed by atoms with E-state index < -0.39 is 0 Å². The predicted octanol–water partition coefficient (Wildman–Crippen LogP) is 1.40. The number of nitrogens with two attached hydrogens (primary N) is 1. The largest absolute Gasteiger partial charge is 0.508 e. The number of aromatic nitrogens is 5. The molecular weight excluding hydrogens is 310 g/mol. The number of hydrogen-bond donors (Lipinski definition) is 3. The number of anilines is 1. The molecule has 0 saturated carbocycles. The van der Waals surface area contributed by atoms with Crippen LogP contribution in [0.1, 0.15) is 4.88 Å². The molecule has 2 heterocycles. The first-order chi connectivity index (χ1) is 10.3. The topological polar surface area (TPSA) is 115 Å². The van der Waals surface area contributed by atoms with E-state index in [9.17, 15) is 5.11 Å². The summed E-state index contributed by atoms with van der Waals surface area (Å²) in [6.07, 6.45) is 1.77. The fourth-order valence-electron chi connectivity index (χ4n) is 1.60. The number of nitrogens with one attached hydrogen (secondary N) is 1. The van der Waals surface area contributed by atoms with E-state index >= 15 is 0 Å². The number of phenols is 1. The van der Waals surface area contributed by atoms with Crippen LogP contribution in [0.4, 0.5) is 5.13 Å². The van der Waals surface area contributed by atoms with E-state index in [-0.39, 0.29) is 5.75 Å². The van der Waals surface area contributed by atoms with Gasteiger partial charge in [0.05, 0.1) is 5.69 Å². The molecule has 0 unspecified atom stereocenters. The van der Waals surface area contributed by atoms with Crippen molar-refractivity contribution in [2.75, 3.05) is 5.43 Å². The molecule has 0 atom stereocenters. The Morgan fingerprint density at radius 2 is 2.14 bits per heavy atom. The van der Waals surface area contributed by atoms with Crippen molar-refractivity contribution in [1.82, 2.24) is 25.2 Å². The summed E-state index contributed by atoms with van der Waals surface area (Å²) in [5.41, 5.74) is 3.30. The Hall–Kier alpha value is -2.17. The molecule has 21 heavy (non-hydrogen) atoms. The zero-order chi connectivity index (χ0) is 14.7. The van der Waals surface area contributed by atoms with E-state index in [1.807, 2.05) is 0 Å². The van der Waals surface area contributed by atoms with E-state index in [2.05, 4.69) is 25.9 Å². The maximum atomic E-state index is 9.31. The number of nitrogen functional groups attached to an aromatic ring is 1. The van der Waals surface area contributed by atoms with Gasteiger partial charge in [-0.05, 0) is 34.7 Å². The maximum Gasteiger partial charge on any atom is 0.214 e. The lowest BCUT2D eigenvalue weighted by atomic mass is 10.3. The van der Waals surface area contributed by atoms with Crippen molar-refractivity contribution in [3.63, 3.8) is 0 Å². The average Bonchev–Trinajstić information content (AvgIpc) is 3.15. The van der Waals surface area contributed by atoms with Crippen LogP contribution < -0.4 is 11.3 Å². The molecule has 4 N–H and O–H groups in total. The van der Waals surface area contributed by atoms with Crippen molar-refractivity contribution in [3.05, 3.63) is 35.3 Å². The molecule has 0 radical (unpaired) electrons. The third-order valence-corrected chi connectivity index (χ3v) is 4.64. The van der Waals surface area contributed by atoms with Gasteiger partial charge in [-0.2, -0.15) is 4.68 Å². The minimum Gasteiger partial charge on any atom is -0.508 e. The fourth-order valence-corrected chi connectivity index (χ4v) is 3.24. The lowest BCUT2D eigenvalue weighted by molar-refractivity contribution is 0.475. The molecule has 10 heteroatoms. The monoisotopic (exact) mass is 321 g/mol. The molecule has 0 aliphatic heterocycles. The number of rotatable bonds is 5. The molecule has 0 aliphatic rings. The molecule has 0 fully saturated rings. The zero-order valence-electron chi connectivity index (χ0n) is 10.7. The third kappa shape index (κ3) is 3.12. The van der Waals surface area contributed by atoms with Gasteiger partial charge in [0.15, 0.2) is 5.13 Å². The molecule has 3 aromatic rings. The van der Waals surface area contributed by atoms with Crippen molar-refractivity contribution in [2.45, 2.75) is 10.9 Å². The molecule has 108 valence electrons. The van der Waals surface area contributed by atoms with Gasteiger partial charge in [-0.3, -0.25) is 5.43 Å². The molecule has 0 amide bonds. The van der Waals surface area contributed by atoms with Gasteiger partial charge in [-0.25, -0.2) is 10.8 Å². The molecular formula is C11H11N7OS2. The van der Waals surface area contributed by atoms with Crippen molar-refractivity contribution < 1.29 is 5.11 Å². The Morgan fingerprint density at radius 3 is 2.86 bits per heavy atom. The van der Waals surface area contributed by atoms with Crippen LogP contribution in [0.3, 0.4) is 0 Å². The van der Waals surface area contributed by atoms with Crippen molar-refractivity contribution in [1.29, 1.82) is 0 Å². The Bertz CT molecular complexity index is 724. The minimum absolute atomic E-state index is 0.201. The van der Waals surface area contributed by atoms with Crippen molar-refractivity contribution >= 4 is 28.2 Å². The number of thiazole rings is 1. The molecule has 2 aromatic heterocycles. The summed E-state index contributed by atoms with van der Waals surface area (Å²) in [4.78, 5) is 5.17. The van der Waals surface area contributed by atoms with E-state index in [0.29, 0.717) is 16.0 Å². The first-order valence-electron chi connectivity index (χ1n) is 5.88. The number of nitrogens with zero attached hydrogens (tertiary/aromatic N) is 5. The van der Waals surface area contributed by atoms with Crippen LogP contribution in [-0.4, -0.2) is 30.3 Å². The van der Waals surface area contributed by atoms with Gasteiger partial charge in [-0.1, -0.05) is 11.8 Å². The van der Waals surface area contributed by atoms with Gasteiger partial charge in [-0.15, -0.1) is 16.4 Å². The zero-order valence-corrected chi connectivity index (χ0v) is 12.3. The molecule has 0 bridgehead atoms. The normalized spacial score (nSPS) is 10.7. The number of benzene rings is 1. The second kappa shape index (κ2) is 6.08. The lowest BCUT2D eigenvalue weighted by Crippen LogP contribution is -2.05. The van der Waals surface area contributed by atoms with E-state index in [4.69, 9.17) is 5.84 Å². The highest BCUT2D eigenvalue weighted by molar-refractivity contribution is 7.98. The number of thioether (sulfide) groups is 1. The number of phenolic OH excluding ortho intramolecular Hbond substituents is 1. The van der Waals surface area contributed by atoms with E-state index in [1.54, 1.807) is 35.1 Å². The highest BCUT2D eigenvalue weighted by Crippen LogP contribution is 2.27. The standard InChI is InChI=1S/C11H11N7OS2/c12-14-10-13-5-9(21-10)6-20-11-15-16-17-18(11)7-1-3-8(19)4-2-7/h1-5,19H,6,12H2,(H,13,14). The van der Waals surface area contributed by atoms with Crippen LogP contribution in [0, 0.1) is 0 Å². The summed E-state index contributed by atoms with van der Waals surface area (Å²) in [6, 6.07) is 6.68. The maximum absolute atomic E-state index is 9.31. The highest BCUT2D eigenvalue weighted by Gasteiger charge is 2.10. The molecule has 3 rings (SSSR count). The van der Waals surface area contributed by atoms with Crippen LogP contribution in [0.25, 0.3) is 5.69 Å². The second-order valence-electron chi connectivity index (χ2n) is 3.95. The van der Waals surface area contributed by atoms with Crippen LogP contribution in [0.5, 0.6) is 5.75 Å². The summed E-state index contributed by atoms with van der Waals surface area (Å²) < 4.78 is 1.62. The van der Waals surface area contributed by atoms with E-state index in [1.165, 1.54) is 23.1 Å². The Balaban J connectivity index is 1.74. The smallest absolute Gasteiger partial charge is 0.214 e. The molecule has 0 spiro atoms. The number of hydrogen-bond acceptors (Lipinski definition) is 9. The summed E-state index contributed by atoms with van der Waals surface area (Å²) in [7, 11) is 0. The minimum atomic E-state index is 0.201. The number of aromatic hydroxyl groups is 1. The third-order valence-electron chi connectivity index (χ3n) is 2.56. The highest BCUT2D eigenvalue weighted by atomic mass is 32.2. The Morgan fingerprint density at radius 1 is 1.33 bits per heavy atom. The van der Waals surface area contributed by atoms with Gasteiger partial charge < -0.3 is 5.11 Å². The molecule has 0 saturated heterocycles. The summed E-state index contributed by atoms with van der Waals surface area (Å²) in [6.45, 7) is 0. The lowest BCUT2D eigenvalue weighted by Gasteiger charge is -2.03. The van der Waals surface area contributed by atoms with Gasteiger partial charge in [0.1, 0.15) is 5.75 Å². The Kier molecular flexibility index (Phi) is 3.99.